The number of piperidine rings is 1. The third-order valence-corrected chi connectivity index (χ3v) is 6.67. The molecule has 2 heterocycles. The maximum atomic E-state index is 13.1. The van der Waals surface area contributed by atoms with Crippen LogP contribution in [0.4, 0.5) is 4.79 Å². The van der Waals surface area contributed by atoms with Crippen molar-refractivity contribution in [2.75, 3.05) is 39.9 Å². The molecule has 0 saturated carbocycles. The van der Waals surface area contributed by atoms with Gasteiger partial charge < -0.3 is 14.8 Å². The predicted octanol–water partition coefficient (Wildman–Crippen LogP) is 3.78. The molecule has 1 N–H and O–H groups in total. The fourth-order valence-electron chi connectivity index (χ4n) is 4.14. The molecule has 10 heteroatoms. The maximum Gasteiger partial charge on any atom is 0.338 e. The van der Waals surface area contributed by atoms with Crippen LogP contribution in [0.15, 0.2) is 29.5 Å². The number of carbonyl (C=O) groups excluding carboxylic acids is 3. The van der Waals surface area contributed by atoms with Crippen molar-refractivity contribution in [2.24, 2.45) is 5.92 Å². The highest BCUT2D eigenvalue weighted by Gasteiger charge is 2.38. The van der Waals surface area contributed by atoms with Gasteiger partial charge in [0.1, 0.15) is 0 Å². The van der Waals surface area contributed by atoms with E-state index in [1.54, 1.807) is 39.1 Å². The van der Waals surface area contributed by atoms with E-state index in [1.807, 2.05) is 0 Å². The molecule has 0 radical (unpaired) electrons. The molecule has 0 bridgehead atoms. The summed E-state index contributed by atoms with van der Waals surface area (Å²) < 4.78 is 10.5. The Morgan fingerprint density at radius 3 is 2.36 bits per heavy atom. The molecule has 180 valence electrons. The molecular weight excluding hydrogens is 469 g/mol. The van der Waals surface area contributed by atoms with Crippen molar-refractivity contribution in [2.45, 2.75) is 32.7 Å². The zero-order valence-electron chi connectivity index (χ0n) is 19.0. The van der Waals surface area contributed by atoms with Crippen molar-refractivity contribution in [3.8, 4) is 0 Å². The standard InChI is InChI=1S/C23H29Cl2N3O5/c1-4-32-21(29)14-8-10-28(11-9-14)13-18-19(22(30)33-5-2)20(26-23(31)27(18)3)15-6-7-16(24)17(25)12-15/h6-7,12,14,20H,4-5,8-11,13H2,1-3H3,(H,26,31). The van der Waals surface area contributed by atoms with Gasteiger partial charge in [0.15, 0.2) is 0 Å². The molecule has 0 spiro atoms. The highest BCUT2D eigenvalue weighted by molar-refractivity contribution is 6.42. The first-order valence-corrected chi connectivity index (χ1v) is 11.8. The first-order chi connectivity index (χ1) is 15.8. The van der Waals surface area contributed by atoms with E-state index in [9.17, 15) is 14.4 Å². The maximum absolute atomic E-state index is 13.1. The van der Waals surface area contributed by atoms with Gasteiger partial charge in [0.05, 0.1) is 40.8 Å². The molecule has 3 rings (SSSR count). The molecule has 1 aromatic rings. The van der Waals surface area contributed by atoms with Gasteiger partial charge in [0, 0.05) is 19.3 Å². The quantitative estimate of drug-likeness (QED) is 0.576. The van der Waals surface area contributed by atoms with Crippen molar-refractivity contribution in [3.63, 3.8) is 0 Å². The molecule has 1 fully saturated rings. The number of urea groups is 1. The number of rotatable bonds is 7. The Labute approximate surface area is 203 Å². The largest absolute Gasteiger partial charge is 0.466 e. The van der Waals surface area contributed by atoms with Gasteiger partial charge in [-0.05, 0) is 57.5 Å². The van der Waals surface area contributed by atoms with E-state index in [-0.39, 0.29) is 24.5 Å². The van der Waals surface area contributed by atoms with Crippen LogP contribution in [0.2, 0.25) is 10.0 Å². The van der Waals surface area contributed by atoms with Crippen molar-refractivity contribution in [1.29, 1.82) is 0 Å². The Balaban J connectivity index is 1.91. The molecule has 2 aliphatic heterocycles. The fraction of sp³-hybridized carbons (Fsp3) is 0.522. The molecule has 33 heavy (non-hydrogen) atoms. The van der Waals surface area contributed by atoms with E-state index in [0.29, 0.717) is 66.0 Å². The zero-order valence-corrected chi connectivity index (χ0v) is 20.5. The molecule has 1 aromatic carbocycles. The Morgan fingerprint density at radius 1 is 1.09 bits per heavy atom. The fourth-order valence-corrected chi connectivity index (χ4v) is 4.45. The van der Waals surface area contributed by atoms with Gasteiger partial charge in [-0.25, -0.2) is 9.59 Å². The number of nitrogens with one attached hydrogen (secondary N) is 1. The normalized spacial score (nSPS) is 20.0. The van der Waals surface area contributed by atoms with Crippen LogP contribution in [0.5, 0.6) is 0 Å². The van der Waals surface area contributed by atoms with Crippen LogP contribution >= 0.6 is 23.2 Å². The van der Waals surface area contributed by atoms with E-state index in [2.05, 4.69) is 10.2 Å². The third-order valence-electron chi connectivity index (χ3n) is 5.93. The lowest BCUT2D eigenvalue weighted by Gasteiger charge is -2.38. The summed E-state index contributed by atoms with van der Waals surface area (Å²) in [6.45, 7) is 5.76. The minimum atomic E-state index is -0.727. The van der Waals surface area contributed by atoms with Crippen molar-refractivity contribution < 1.29 is 23.9 Å². The Bertz CT molecular complexity index is 944. The SMILES string of the molecule is CCOC(=O)C1=C(CN2CCC(C(=O)OCC)CC2)N(C)C(=O)NC1c1ccc(Cl)c(Cl)c1. The number of amides is 2. The minimum Gasteiger partial charge on any atom is -0.466 e. The smallest absolute Gasteiger partial charge is 0.338 e. The summed E-state index contributed by atoms with van der Waals surface area (Å²) >= 11 is 12.3. The summed E-state index contributed by atoms with van der Waals surface area (Å²) in [4.78, 5) is 41.5. The second-order valence-corrected chi connectivity index (χ2v) is 8.81. The van der Waals surface area contributed by atoms with Crippen LogP contribution in [-0.4, -0.2) is 67.7 Å². The number of esters is 2. The van der Waals surface area contributed by atoms with E-state index in [0.717, 1.165) is 0 Å². The summed E-state index contributed by atoms with van der Waals surface area (Å²) in [5.41, 5.74) is 1.54. The number of benzene rings is 1. The zero-order chi connectivity index (χ0) is 24.1. The lowest BCUT2D eigenvalue weighted by atomic mass is 9.93. The highest BCUT2D eigenvalue weighted by atomic mass is 35.5. The number of carbonyl (C=O) groups is 3. The van der Waals surface area contributed by atoms with Crippen LogP contribution in [-0.2, 0) is 19.1 Å². The van der Waals surface area contributed by atoms with E-state index >= 15 is 0 Å². The van der Waals surface area contributed by atoms with E-state index < -0.39 is 12.0 Å². The molecule has 1 atom stereocenters. The van der Waals surface area contributed by atoms with Crippen molar-refractivity contribution in [1.82, 2.24) is 15.1 Å². The molecular formula is C23H29Cl2N3O5. The topological polar surface area (TPSA) is 88.2 Å². The predicted molar refractivity (Wildman–Crippen MR) is 125 cm³/mol. The van der Waals surface area contributed by atoms with Gasteiger partial charge in [-0.15, -0.1) is 0 Å². The lowest BCUT2D eigenvalue weighted by molar-refractivity contribution is -0.149. The van der Waals surface area contributed by atoms with Crippen LogP contribution < -0.4 is 5.32 Å². The van der Waals surface area contributed by atoms with E-state index in [1.165, 1.54) is 4.90 Å². The van der Waals surface area contributed by atoms with Crippen LogP contribution in [0.1, 0.15) is 38.3 Å². The summed E-state index contributed by atoms with van der Waals surface area (Å²) in [7, 11) is 1.63. The van der Waals surface area contributed by atoms with Crippen molar-refractivity contribution >= 4 is 41.2 Å². The molecule has 2 amide bonds. The number of hydrogen-bond donors (Lipinski definition) is 1. The second kappa shape index (κ2) is 11.2. The Hall–Kier alpha value is -2.29. The summed E-state index contributed by atoms with van der Waals surface area (Å²) in [5, 5.41) is 3.58. The summed E-state index contributed by atoms with van der Waals surface area (Å²) in [6.07, 6.45) is 1.32. The molecule has 0 aliphatic carbocycles. The van der Waals surface area contributed by atoms with Gasteiger partial charge in [-0.2, -0.15) is 0 Å². The van der Waals surface area contributed by atoms with Crippen molar-refractivity contribution in [3.05, 3.63) is 45.1 Å². The van der Waals surface area contributed by atoms with Gasteiger partial charge in [0.25, 0.3) is 0 Å². The first-order valence-electron chi connectivity index (χ1n) is 11.0. The molecule has 1 unspecified atom stereocenters. The average Bonchev–Trinajstić information content (AvgIpc) is 2.79. The molecule has 0 aromatic heterocycles. The summed E-state index contributed by atoms with van der Waals surface area (Å²) in [6, 6.07) is 3.94. The van der Waals surface area contributed by atoms with Gasteiger partial charge >= 0.3 is 18.0 Å². The molecule has 1 saturated heterocycles. The third kappa shape index (κ3) is 5.80. The van der Waals surface area contributed by atoms with Gasteiger partial charge in [-0.1, -0.05) is 29.3 Å². The lowest BCUT2D eigenvalue weighted by Crippen LogP contribution is -2.50. The number of likely N-dealkylation sites (tertiary alicyclic amines) is 1. The molecule has 2 aliphatic rings. The average molecular weight is 498 g/mol. The van der Waals surface area contributed by atoms with Gasteiger partial charge in [-0.3, -0.25) is 14.6 Å². The number of halogens is 2. The highest BCUT2D eigenvalue weighted by Crippen LogP contribution is 2.34. The van der Waals surface area contributed by atoms with E-state index in [4.69, 9.17) is 32.7 Å². The van der Waals surface area contributed by atoms with Crippen LogP contribution in [0.25, 0.3) is 0 Å². The number of ether oxygens (including phenoxy) is 2. The summed E-state index contributed by atoms with van der Waals surface area (Å²) in [5.74, 6) is -0.801. The van der Waals surface area contributed by atoms with Crippen LogP contribution in [0, 0.1) is 5.92 Å². The Morgan fingerprint density at radius 2 is 1.76 bits per heavy atom. The minimum absolute atomic E-state index is 0.129. The molecule has 8 nitrogen and oxygen atoms in total. The van der Waals surface area contributed by atoms with Crippen LogP contribution in [0.3, 0.4) is 0 Å². The Kier molecular flexibility index (Phi) is 8.62. The number of likely N-dealkylation sites (N-methyl/N-ethyl adjacent to an activating group) is 1. The van der Waals surface area contributed by atoms with Gasteiger partial charge in [0.2, 0.25) is 0 Å². The second-order valence-electron chi connectivity index (χ2n) is 8.00. The first kappa shape index (κ1) is 25.3. The number of hydrogen-bond acceptors (Lipinski definition) is 6. The number of nitrogens with zero attached hydrogens (tertiary/aromatic N) is 2. The monoisotopic (exact) mass is 497 g/mol.